The number of ether oxygens (including phenoxy) is 1. The van der Waals surface area contributed by atoms with Crippen molar-refractivity contribution in [3.05, 3.63) is 18.3 Å². The molecule has 2 amide bonds. The summed E-state index contributed by atoms with van der Waals surface area (Å²) in [6.45, 7) is 5.66. The summed E-state index contributed by atoms with van der Waals surface area (Å²) < 4.78 is 4.93. The molecule has 2 heterocycles. The van der Waals surface area contributed by atoms with Gasteiger partial charge in [-0.15, -0.1) is 0 Å². The van der Waals surface area contributed by atoms with Gasteiger partial charge in [-0.2, -0.15) is 0 Å². The molecule has 0 spiro atoms. The number of piperazine rings is 1. The predicted molar refractivity (Wildman–Crippen MR) is 91.0 cm³/mol. The van der Waals surface area contributed by atoms with Crippen LogP contribution in [0.25, 0.3) is 0 Å². The molecular formula is C16H25N5O3. The van der Waals surface area contributed by atoms with Crippen molar-refractivity contribution < 1.29 is 14.3 Å². The Morgan fingerprint density at radius 2 is 1.96 bits per heavy atom. The molecule has 132 valence electrons. The van der Waals surface area contributed by atoms with Crippen LogP contribution in [0, 0.1) is 0 Å². The van der Waals surface area contributed by atoms with Gasteiger partial charge in [-0.05, 0) is 26.1 Å². The van der Waals surface area contributed by atoms with Crippen molar-refractivity contribution in [3.8, 4) is 5.88 Å². The van der Waals surface area contributed by atoms with Crippen molar-refractivity contribution in [1.82, 2.24) is 20.1 Å². The van der Waals surface area contributed by atoms with E-state index in [0.717, 1.165) is 39.1 Å². The minimum Gasteiger partial charge on any atom is -0.481 e. The zero-order chi connectivity index (χ0) is 17.4. The predicted octanol–water partition coefficient (Wildman–Crippen LogP) is -0.218. The highest BCUT2D eigenvalue weighted by Crippen LogP contribution is 2.10. The number of likely N-dealkylation sites (N-methyl/N-ethyl adjacent to an activating group) is 1. The second-order valence-corrected chi connectivity index (χ2v) is 5.80. The Balaban J connectivity index is 1.63. The molecule has 0 aliphatic carbocycles. The van der Waals surface area contributed by atoms with Crippen molar-refractivity contribution in [2.24, 2.45) is 0 Å². The summed E-state index contributed by atoms with van der Waals surface area (Å²) in [6.07, 6.45) is 2.27. The van der Waals surface area contributed by atoms with E-state index < -0.39 is 11.8 Å². The molecule has 1 fully saturated rings. The van der Waals surface area contributed by atoms with E-state index in [0.29, 0.717) is 18.1 Å². The first-order chi connectivity index (χ1) is 11.6. The normalized spacial score (nSPS) is 15.8. The van der Waals surface area contributed by atoms with Crippen LogP contribution < -0.4 is 15.4 Å². The first kappa shape index (κ1) is 18.2. The lowest BCUT2D eigenvalue weighted by Gasteiger charge is -2.32. The van der Waals surface area contributed by atoms with Crippen molar-refractivity contribution in [3.63, 3.8) is 0 Å². The van der Waals surface area contributed by atoms with Gasteiger partial charge in [0.25, 0.3) is 0 Å². The van der Waals surface area contributed by atoms with Crippen LogP contribution in [-0.4, -0.2) is 80.0 Å². The Morgan fingerprint density at radius 3 is 2.58 bits per heavy atom. The number of aromatic nitrogens is 1. The molecule has 1 saturated heterocycles. The molecule has 0 bridgehead atoms. The number of hydrogen-bond donors (Lipinski definition) is 2. The van der Waals surface area contributed by atoms with Crippen molar-refractivity contribution in [2.75, 3.05) is 58.7 Å². The van der Waals surface area contributed by atoms with E-state index in [9.17, 15) is 9.59 Å². The summed E-state index contributed by atoms with van der Waals surface area (Å²) in [5.74, 6) is -0.882. The number of anilines is 1. The second-order valence-electron chi connectivity index (χ2n) is 5.80. The van der Waals surface area contributed by atoms with Gasteiger partial charge < -0.3 is 25.2 Å². The smallest absolute Gasteiger partial charge is 0.313 e. The monoisotopic (exact) mass is 335 g/mol. The third-order valence-corrected chi connectivity index (χ3v) is 3.94. The molecule has 1 aromatic rings. The van der Waals surface area contributed by atoms with Crippen molar-refractivity contribution in [2.45, 2.75) is 6.42 Å². The molecule has 24 heavy (non-hydrogen) atoms. The molecule has 0 saturated carbocycles. The second kappa shape index (κ2) is 9.19. The van der Waals surface area contributed by atoms with E-state index in [1.165, 1.54) is 13.3 Å². The standard InChI is InChI=1S/C16H25N5O3/c1-20-8-10-21(11-9-20)7-3-6-17-15(22)16(23)19-13-4-5-14(24-2)18-12-13/h4-5,12H,3,6-11H2,1-2H3,(H,17,22)(H,19,23). The topological polar surface area (TPSA) is 86.8 Å². The van der Waals surface area contributed by atoms with Gasteiger partial charge in [0.15, 0.2) is 0 Å². The van der Waals surface area contributed by atoms with E-state index in [2.05, 4.69) is 32.5 Å². The molecule has 2 rings (SSSR count). The zero-order valence-electron chi connectivity index (χ0n) is 14.2. The number of carbonyl (C=O) groups excluding carboxylic acids is 2. The quantitative estimate of drug-likeness (QED) is 0.552. The number of hydrogen-bond acceptors (Lipinski definition) is 6. The highest BCUT2D eigenvalue weighted by atomic mass is 16.5. The molecule has 8 heteroatoms. The summed E-state index contributed by atoms with van der Waals surface area (Å²) in [4.78, 5) is 32.2. The van der Waals surface area contributed by atoms with E-state index in [1.807, 2.05) is 0 Å². The minimum atomic E-state index is -0.693. The average Bonchev–Trinajstić information content (AvgIpc) is 2.60. The Kier molecular flexibility index (Phi) is 6.95. The maximum atomic E-state index is 11.8. The minimum absolute atomic E-state index is 0.446. The maximum Gasteiger partial charge on any atom is 0.313 e. The van der Waals surface area contributed by atoms with Crippen LogP contribution in [0.2, 0.25) is 0 Å². The fourth-order valence-corrected chi connectivity index (χ4v) is 2.42. The average molecular weight is 335 g/mol. The Hall–Kier alpha value is -2.19. The first-order valence-electron chi connectivity index (χ1n) is 8.08. The molecule has 0 unspecified atom stereocenters. The molecule has 1 aromatic heterocycles. The fourth-order valence-electron chi connectivity index (χ4n) is 2.42. The Morgan fingerprint density at radius 1 is 1.21 bits per heavy atom. The summed E-state index contributed by atoms with van der Waals surface area (Å²) in [5, 5.41) is 5.14. The lowest BCUT2D eigenvalue weighted by atomic mass is 10.3. The van der Waals surface area contributed by atoms with Crippen LogP contribution in [-0.2, 0) is 9.59 Å². The van der Waals surface area contributed by atoms with Gasteiger partial charge in [0.2, 0.25) is 5.88 Å². The third kappa shape index (κ3) is 5.78. The van der Waals surface area contributed by atoms with E-state index in [4.69, 9.17) is 4.74 Å². The van der Waals surface area contributed by atoms with Gasteiger partial charge in [-0.1, -0.05) is 0 Å². The van der Waals surface area contributed by atoms with Crippen LogP contribution >= 0.6 is 0 Å². The van der Waals surface area contributed by atoms with E-state index >= 15 is 0 Å². The Bertz CT molecular complexity index is 541. The molecular weight excluding hydrogens is 310 g/mol. The van der Waals surface area contributed by atoms with Gasteiger partial charge in [0, 0.05) is 38.8 Å². The largest absolute Gasteiger partial charge is 0.481 e. The molecule has 8 nitrogen and oxygen atoms in total. The number of methoxy groups -OCH3 is 1. The number of nitrogens with zero attached hydrogens (tertiary/aromatic N) is 3. The number of nitrogens with one attached hydrogen (secondary N) is 2. The summed E-state index contributed by atoms with van der Waals surface area (Å²) in [5.41, 5.74) is 0.452. The number of rotatable bonds is 6. The molecule has 1 aliphatic rings. The van der Waals surface area contributed by atoms with Gasteiger partial charge in [-0.3, -0.25) is 9.59 Å². The highest BCUT2D eigenvalue weighted by Gasteiger charge is 2.15. The van der Waals surface area contributed by atoms with Gasteiger partial charge >= 0.3 is 11.8 Å². The lowest BCUT2D eigenvalue weighted by Crippen LogP contribution is -2.45. The SMILES string of the molecule is COc1ccc(NC(=O)C(=O)NCCCN2CCN(C)CC2)cn1. The van der Waals surface area contributed by atoms with Crippen molar-refractivity contribution >= 4 is 17.5 Å². The van der Waals surface area contributed by atoms with Gasteiger partial charge in [0.1, 0.15) is 0 Å². The maximum absolute atomic E-state index is 11.8. The first-order valence-corrected chi connectivity index (χ1v) is 8.08. The number of amides is 2. The van der Waals surface area contributed by atoms with Crippen molar-refractivity contribution in [1.29, 1.82) is 0 Å². The lowest BCUT2D eigenvalue weighted by molar-refractivity contribution is -0.136. The molecule has 0 radical (unpaired) electrons. The number of carbonyl (C=O) groups is 2. The summed E-state index contributed by atoms with van der Waals surface area (Å²) in [6, 6.07) is 3.24. The molecule has 0 atom stereocenters. The molecule has 1 aliphatic heterocycles. The van der Waals surface area contributed by atoms with Crippen LogP contribution in [0.3, 0.4) is 0 Å². The van der Waals surface area contributed by atoms with Crippen LogP contribution in [0.4, 0.5) is 5.69 Å². The molecule has 2 N–H and O–H groups in total. The van der Waals surface area contributed by atoms with Crippen LogP contribution in [0.1, 0.15) is 6.42 Å². The highest BCUT2D eigenvalue weighted by molar-refractivity contribution is 6.39. The summed E-state index contributed by atoms with van der Waals surface area (Å²) >= 11 is 0. The van der Waals surface area contributed by atoms with Gasteiger partial charge in [0.05, 0.1) is 19.0 Å². The Labute approximate surface area is 142 Å². The molecule has 0 aromatic carbocycles. The van der Waals surface area contributed by atoms with E-state index in [1.54, 1.807) is 12.1 Å². The van der Waals surface area contributed by atoms with Crippen LogP contribution in [0.15, 0.2) is 18.3 Å². The van der Waals surface area contributed by atoms with Crippen LogP contribution in [0.5, 0.6) is 5.88 Å². The fraction of sp³-hybridized carbons (Fsp3) is 0.562. The zero-order valence-corrected chi connectivity index (χ0v) is 14.2. The number of pyridine rings is 1. The van der Waals surface area contributed by atoms with Gasteiger partial charge in [-0.25, -0.2) is 4.98 Å². The summed E-state index contributed by atoms with van der Waals surface area (Å²) in [7, 11) is 3.63. The third-order valence-electron chi connectivity index (χ3n) is 3.94. The van der Waals surface area contributed by atoms with E-state index in [-0.39, 0.29) is 0 Å².